The molecule has 3 heteroatoms. The Bertz CT molecular complexity index is 208. The topological polar surface area (TPSA) is 24.5 Å². The number of rotatable bonds is 6. The van der Waals surface area contributed by atoms with Crippen molar-refractivity contribution in [2.24, 2.45) is 5.92 Å². The first-order chi connectivity index (χ1) is 8.07. The standard InChI is InChI=1S/C14H30N2O/c1-6-12(7-2)13(15-5)14(3,4)16-8-10-17-11-9-16/h12-13,15H,6-11H2,1-5H3. The fourth-order valence-corrected chi connectivity index (χ4v) is 3.26. The van der Waals surface area contributed by atoms with E-state index in [-0.39, 0.29) is 5.54 Å². The van der Waals surface area contributed by atoms with Gasteiger partial charge in [-0.15, -0.1) is 0 Å². The van der Waals surface area contributed by atoms with Crippen LogP contribution < -0.4 is 5.32 Å². The molecular formula is C14H30N2O. The number of likely N-dealkylation sites (N-methyl/N-ethyl adjacent to an activating group) is 1. The SMILES string of the molecule is CCC(CC)C(NC)C(C)(C)N1CCOCC1. The highest BCUT2D eigenvalue weighted by Gasteiger charge is 2.38. The molecule has 102 valence electrons. The molecule has 1 aliphatic heterocycles. The monoisotopic (exact) mass is 242 g/mol. The second-order valence-electron chi connectivity index (χ2n) is 5.60. The minimum atomic E-state index is 0.204. The molecule has 1 saturated heterocycles. The van der Waals surface area contributed by atoms with Gasteiger partial charge in [-0.05, 0) is 26.8 Å². The number of hydrogen-bond donors (Lipinski definition) is 1. The zero-order valence-corrected chi connectivity index (χ0v) is 12.3. The second kappa shape index (κ2) is 6.72. The van der Waals surface area contributed by atoms with Crippen LogP contribution in [0.3, 0.4) is 0 Å². The summed E-state index contributed by atoms with van der Waals surface area (Å²) in [5.74, 6) is 0.748. The zero-order valence-electron chi connectivity index (χ0n) is 12.3. The molecule has 0 aliphatic carbocycles. The van der Waals surface area contributed by atoms with E-state index in [0.29, 0.717) is 6.04 Å². The number of ether oxygens (including phenoxy) is 1. The van der Waals surface area contributed by atoms with Gasteiger partial charge in [0.25, 0.3) is 0 Å². The number of nitrogens with zero attached hydrogens (tertiary/aromatic N) is 1. The van der Waals surface area contributed by atoms with Crippen LogP contribution in [0.2, 0.25) is 0 Å². The minimum absolute atomic E-state index is 0.204. The van der Waals surface area contributed by atoms with E-state index in [9.17, 15) is 0 Å². The molecule has 1 heterocycles. The normalized spacial score (nSPS) is 20.8. The van der Waals surface area contributed by atoms with Gasteiger partial charge in [0.15, 0.2) is 0 Å². The van der Waals surface area contributed by atoms with Gasteiger partial charge in [0.1, 0.15) is 0 Å². The molecule has 0 aromatic rings. The summed E-state index contributed by atoms with van der Waals surface area (Å²) in [6, 6.07) is 0.551. The molecular weight excluding hydrogens is 212 g/mol. The quantitative estimate of drug-likeness (QED) is 0.772. The van der Waals surface area contributed by atoms with Gasteiger partial charge in [0.2, 0.25) is 0 Å². The summed E-state index contributed by atoms with van der Waals surface area (Å²) in [7, 11) is 2.10. The third kappa shape index (κ3) is 3.43. The predicted molar refractivity (Wildman–Crippen MR) is 73.4 cm³/mol. The Kier molecular flexibility index (Phi) is 5.90. The van der Waals surface area contributed by atoms with Gasteiger partial charge in [-0.2, -0.15) is 0 Å². The van der Waals surface area contributed by atoms with Crippen molar-refractivity contribution >= 4 is 0 Å². The van der Waals surface area contributed by atoms with Gasteiger partial charge in [-0.25, -0.2) is 0 Å². The Morgan fingerprint density at radius 1 is 1.18 bits per heavy atom. The van der Waals surface area contributed by atoms with Gasteiger partial charge in [0.05, 0.1) is 13.2 Å². The van der Waals surface area contributed by atoms with Crippen LogP contribution in [-0.4, -0.2) is 49.8 Å². The Balaban J connectivity index is 2.75. The van der Waals surface area contributed by atoms with Gasteiger partial charge in [-0.3, -0.25) is 4.90 Å². The zero-order chi connectivity index (χ0) is 12.9. The van der Waals surface area contributed by atoms with E-state index in [1.54, 1.807) is 0 Å². The highest BCUT2D eigenvalue weighted by molar-refractivity contribution is 4.96. The summed E-state index contributed by atoms with van der Waals surface area (Å²) in [4.78, 5) is 2.58. The van der Waals surface area contributed by atoms with Gasteiger partial charge in [-0.1, -0.05) is 26.7 Å². The minimum Gasteiger partial charge on any atom is -0.379 e. The Morgan fingerprint density at radius 2 is 1.71 bits per heavy atom. The Hall–Kier alpha value is -0.120. The van der Waals surface area contributed by atoms with E-state index in [4.69, 9.17) is 4.74 Å². The molecule has 0 radical (unpaired) electrons. The van der Waals surface area contributed by atoms with Crippen molar-refractivity contribution < 1.29 is 4.74 Å². The summed E-state index contributed by atoms with van der Waals surface area (Å²) in [6.07, 6.45) is 2.49. The van der Waals surface area contributed by atoms with Crippen molar-refractivity contribution in [2.45, 2.75) is 52.1 Å². The van der Waals surface area contributed by atoms with Crippen molar-refractivity contribution in [3.8, 4) is 0 Å². The van der Waals surface area contributed by atoms with Crippen LogP contribution in [0.25, 0.3) is 0 Å². The smallest absolute Gasteiger partial charge is 0.0594 e. The molecule has 0 bridgehead atoms. The molecule has 1 rings (SSSR count). The molecule has 1 fully saturated rings. The maximum Gasteiger partial charge on any atom is 0.0594 e. The van der Waals surface area contributed by atoms with Gasteiger partial charge in [0, 0.05) is 24.7 Å². The van der Waals surface area contributed by atoms with Crippen LogP contribution in [0.15, 0.2) is 0 Å². The van der Waals surface area contributed by atoms with E-state index >= 15 is 0 Å². The maximum absolute atomic E-state index is 5.46. The van der Waals surface area contributed by atoms with Crippen molar-refractivity contribution in [3.63, 3.8) is 0 Å². The summed E-state index contributed by atoms with van der Waals surface area (Å²) < 4.78 is 5.46. The lowest BCUT2D eigenvalue weighted by molar-refractivity contribution is -0.0311. The van der Waals surface area contributed by atoms with Crippen LogP contribution in [0.1, 0.15) is 40.5 Å². The van der Waals surface area contributed by atoms with E-state index in [2.05, 4.69) is 45.0 Å². The number of hydrogen-bond acceptors (Lipinski definition) is 3. The molecule has 0 aromatic carbocycles. The molecule has 17 heavy (non-hydrogen) atoms. The second-order valence-corrected chi connectivity index (χ2v) is 5.60. The molecule has 0 amide bonds. The summed E-state index contributed by atoms with van der Waals surface area (Å²) in [5, 5.41) is 3.56. The lowest BCUT2D eigenvalue weighted by Crippen LogP contribution is -2.62. The lowest BCUT2D eigenvalue weighted by Gasteiger charge is -2.48. The first-order valence-electron chi connectivity index (χ1n) is 7.07. The van der Waals surface area contributed by atoms with Crippen molar-refractivity contribution in [1.29, 1.82) is 0 Å². The Labute approximate surface area is 107 Å². The number of morpholine rings is 1. The third-order valence-corrected chi connectivity index (χ3v) is 4.42. The fraction of sp³-hybridized carbons (Fsp3) is 1.00. The van der Waals surface area contributed by atoms with E-state index in [1.165, 1.54) is 12.8 Å². The van der Waals surface area contributed by atoms with Crippen molar-refractivity contribution in [1.82, 2.24) is 10.2 Å². The van der Waals surface area contributed by atoms with E-state index in [0.717, 1.165) is 32.2 Å². The van der Waals surface area contributed by atoms with E-state index < -0.39 is 0 Å². The Morgan fingerprint density at radius 3 is 2.12 bits per heavy atom. The fourth-order valence-electron chi connectivity index (χ4n) is 3.26. The van der Waals surface area contributed by atoms with Crippen molar-refractivity contribution in [3.05, 3.63) is 0 Å². The molecule has 1 aliphatic rings. The highest BCUT2D eigenvalue weighted by atomic mass is 16.5. The molecule has 1 N–H and O–H groups in total. The van der Waals surface area contributed by atoms with Crippen LogP contribution in [0.4, 0.5) is 0 Å². The lowest BCUT2D eigenvalue weighted by atomic mass is 9.80. The average Bonchev–Trinajstić information content (AvgIpc) is 2.36. The molecule has 1 atom stereocenters. The first kappa shape index (κ1) is 14.9. The first-order valence-corrected chi connectivity index (χ1v) is 7.07. The molecule has 3 nitrogen and oxygen atoms in total. The summed E-state index contributed by atoms with van der Waals surface area (Å²) in [5.41, 5.74) is 0.204. The van der Waals surface area contributed by atoms with E-state index in [1.807, 2.05) is 0 Å². The highest BCUT2D eigenvalue weighted by Crippen LogP contribution is 2.28. The summed E-state index contributed by atoms with van der Waals surface area (Å²) >= 11 is 0. The molecule has 0 saturated carbocycles. The average molecular weight is 242 g/mol. The number of nitrogens with one attached hydrogen (secondary N) is 1. The van der Waals surface area contributed by atoms with Crippen LogP contribution in [-0.2, 0) is 4.74 Å². The van der Waals surface area contributed by atoms with Gasteiger partial charge >= 0.3 is 0 Å². The molecule has 1 unspecified atom stereocenters. The molecule has 0 spiro atoms. The maximum atomic E-state index is 5.46. The summed E-state index contributed by atoms with van der Waals surface area (Å²) in [6.45, 7) is 13.2. The van der Waals surface area contributed by atoms with Crippen LogP contribution in [0.5, 0.6) is 0 Å². The third-order valence-electron chi connectivity index (χ3n) is 4.42. The molecule has 0 aromatic heterocycles. The van der Waals surface area contributed by atoms with Gasteiger partial charge < -0.3 is 10.1 Å². The van der Waals surface area contributed by atoms with Crippen LogP contribution >= 0.6 is 0 Å². The van der Waals surface area contributed by atoms with Crippen LogP contribution in [0, 0.1) is 5.92 Å². The van der Waals surface area contributed by atoms with Crippen molar-refractivity contribution in [2.75, 3.05) is 33.4 Å². The predicted octanol–water partition coefficient (Wildman–Crippen LogP) is 2.12. The largest absolute Gasteiger partial charge is 0.379 e.